The van der Waals surface area contributed by atoms with Gasteiger partial charge in [-0.1, -0.05) is 13.8 Å². The molecule has 0 aliphatic carbocycles. The summed E-state index contributed by atoms with van der Waals surface area (Å²) in [6.45, 7) is 3.45. The zero-order chi connectivity index (χ0) is 16.3. The third-order valence-electron chi connectivity index (χ3n) is 3.02. The van der Waals surface area contributed by atoms with Gasteiger partial charge in [0.05, 0.1) is 12.8 Å². The van der Waals surface area contributed by atoms with Crippen LogP contribution in [0.2, 0.25) is 0 Å². The Bertz CT molecular complexity index is 594. The van der Waals surface area contributed by atoms with Gasteiger partial charge in [-0.2, -0.15) is 0 Å². The van der Waals surface area contributed by atoms with Crippen LogP contribution in [0.1, 0.15) is 19.6 Å². The monoisotopic (exact) mass is 307 g/mol. The Morgan fingerprint density at radius 3 is 2.50 bits per heavy atom. The van der Waals surface area contributed by atoms with E-state index in [9.17, 15) is 19.2 Å². The number of urea groups is 1. The maximum atomic E-state index is 12.0. The zero-order valence-electron chi connectivity index (χ0n) is 12.4. The third-order valence-corrected chi connectivity index (χ3v) is 3.02. The maximum Gasteiger partial charge on any atom is 0.334 e. The molecule has 2 heterocycles. The molecule has 1 N–H and O–H groups in total. The summed E-state index contributed by atoms with van der Waals surface area (Å²) in [5.41, 5.74) is 0. The largest absolute Gasteiger partial charge is 0.467 e. The molecule has 0 atom stereocenters. The van der Waals surface area contributed by atoms with Crippen LogP contribution in [0.15, 0.2) is 22.8 Å². The van der Waals surface area contributed by atoms with Crippen molar-refractivity contribution in [3.63, 3.8) is 0 Å². The summed E-state index contributed by atoms with van der Waals surface area (Å²) in [5, 5.41) is 2.51. The summed E-state index contributed by atoms with van der Waals surface area (Å²) in [6, 6.07) is 2.61. The molecule has 1 saturated heterocycles. The predicted molar refractivity (Wildman–Crippen MR) is 74.2 cm³/mol. The van der Waals surface area contributed by atoms with E-state index in [0.717, 1.165) is 4.90 Å². The van der Waals surface area contributed by atoms with E-state index >= 15 is 0 Å². The highest BCUT2D eigenvalue weighted by molar-refractivity contribution is 6.45. The molecule has 1 aromatic rings. The fraction of sp³-hybridized carbons (Fsp3) is 0.429. The van der Waals surface area contributed by atoms with Crippen molar-refractivity contribution in [3.8, 4) is 0 Å². The lowest BCUT2D eigenvalue weighted by molar-refractivity contribution is -0.144. The molecule has 1 aliphatic rings. The summed E-state index contributed by atoms with van der Waals surface area (Å²) in [5.74, 6) is -1.83. The van der Waals surface area contributed by atoms with Crippen molar-refractivity contribution in [2.45, 2.75) is 20.4 Å². The van der Waals surface area contributed by atoms with Crippen LogP contribution in [0.3, 0.4) is 0 Å². The molecule has 2 rings (SSSR count). The van der Waals surface area contributed by atoms with Gasteiger partial charge in [-0.05, 0) is 18.1 Å². The molecule has 1 aliphatic heterocycles. The Morgan fingerprint density at radius 1 is 1.23 bits per heavy atom. The molecule has 0 spiro atoms. The molecule has 0 saturated carbocycles. The van der Waals surface area contributed by atoms with Crippen molar-refractivity contribution in [3.05, 3.63) is 24.2 Å². The molecule has 22 heavy (non-hydrogen) atoms. The number of amides is 5. The summed E-state index contributed by atoms with van der Waals surface area (Å²) in [4.78, 5) is 48.9. The number of nitrogens with zero attached hydrogens (tertiary/aromatic N) is 2. The lowest BCUT2D eigenvalue weighted by Gasteiger charge is -2.16. The topological polar surface area (TPSA) is 99.9 Å². The number of nitrogens with one attached hydrogen (secondary N) is 1. The minimum Gasteiger partial charge on any atom is -0.467 e. The van der Waals surface area contributed by atoms with Gasteiger partial charge >= 0.3 is 17.8 Å². The molecule has 8 heteroatoms. The van der Waals surface area contributed by atoms with Crippen LogP contribution in [0, 0.1) is 5.92 Å². The van der Waals surface area contributed by atoms with Crippen LogP contribution >= 0.6 is 0 Å². The van der Waals surface area contributed by atoms with Gasteiger partial charge in [-0.25, -0.2) is 9.69 Å². The van der Waals surface area contributed by atoms with E-state index < -0.39 is 30.3 Å². The molecular weight excluding hydrogens is 290 g/mol. The molecule has 118 valence electrons. The highest BCUT2D eigenvalue weighted by Gasteiger charge is 2.45. The maximum absolute atomic E-state index is 12.0. The average molecular weight is 307 g/mol. The van der Waals surface area contributed by atoms with Crippen molar-refractivity contribution in [1.82, 2.24) is 15.1 Å². The van der Waals surface area contributed by atoms with Gasteiger partial charge in [0.2, 0.25) is 5.91 Å². The van der Waals surface area contributed by atoms with E-state index in [4.69, 9.17) is 4.42 Å². The lowest BCUT2D eigenvalue weighted by Crippen LogP contribution is -2.41. The van der Waals surface area contributed by atoms with Crippen LogP contribution in [-0.4, -0.2) is 46.6 Å². The van der Waals surface area contributed by atoms with Crippen LogP contribution in [0.25, 0.3) is 0 Å². The number of hydrogen-bond donors (Lipinski definition) is 1. The van der Waals surface area contributed by atoms with Crippen LogP contribution < -0.4 is 5.32 Å². The van der Waals surface area contributed by atoms with Gasteiger partial charge in [0.1, 0.15) is 12.3 Å². The highest BCUT2D eigenvalue weighted by Crippen LogP contribution is 2.13. The second-order valence-electron chi connectivity index (χ2n) is 5.34. The fourth-order valence-corrected chi connectivity index (χ4v) is 2.01. The number of carbonyl (C=O) groups excluding carboxylic acids is 4. The van der Waals surface area contributed by atoms with Gasteiger partial charge < -0.3 is 9.73 Å². The number of carbonyl (C=O) groups is 4. The van der Waals surface area contributed by atoms with E-state index in [1.54, 1.807) is 12.1 Å². The van der Waals surface area contributed by atoms with Crippen LogP contribution in [0.4, 0.5) is 4.79 Å². The van der Waals surface area contributed by atoms with Crippen LogP contribution in [0.5, 0.6) is 0 Å². The molecule has 0 radical (unpaired) electrons. The normalized spacial score (nSPS) is 15.1. The van der Waals surface area contributed by atoms with E-state index in [1.165, 1.54) is 6.26 Å². The summed E-state index contributed by atoms with van der Waals surface area (Å²) < 4.78 is 5.05. The molecule has 0 unspecified atom stereocenters. The van der Waals surface area contributed by atoms with Gasteiger partial charge in [0.15, 0.2) is 0 Å². The number of rotatable bonds is 6. The molecule has 1 aromatic heterocycles. The minimum absolute atomic E-state index is 0.0356. The first-order chi connectivity index (χ1) is 10.4. The Balaban J connectivity index is 1.94. The summed E-state index contributed by atoms with van der Waals surface area (Å²) in [6.07, 6.45) is 1.47. The van der Waals surface area contributed by atoms with E-state index in [2.05, 4.69) is 5.32 Å². The number of furan rings is 1. The van der Waals surface area contributed by atoms with Crippen molar-refractivity contribution < 1.29 is 23.6 Å². The van der Waals surface area contributed by atoms with Gasteiger partial charge in [-0.3, -0.25) is 19.3 Å². The second kappa shape index (κ2) is 6.42. The van der Waals surface area contributed by atoms with Crippen LogP contribution in [-0.2, 0) is 20.9 Å². The third kappa shape index (κ3) is 3.33. The Morgan fingerprint density at radius 2 is 1.91 bits per heavy atom. The molecular formula is C14H17N3O5. The van der Waals surface area contributed by atoms with Crippen molar-refractivity contribution in [1.29, 1.82) is 0 Å². The van der Waals surface area contributed by atoms with Crippen molar-refractivity contribution >= 4 is 23.8 Å². The van der Waals surface area contributed by atoms with E-state index in [1.807, 2.05) is 13.8 Å². The summed E-state index contributed by atoms with van der Waals surface area (Å²) in [7, 11) is 0. The van der Waals surface area contributed by atoms with Gasteiger partial charge in [0.25, 0.3) is 0 Å². The Labute approximate surface area is 127 Å². The van der Waals surface area contributed by atoms with E-state index in [-0.39, 0.29) is 19.0 Å². The highest BCUT2D eigenvalue weighted by atomic mass is 16.3. The smallest absolute Gasteiger partial charge is 0.334 e. The minimum atomic E-state index is -0.973. The lowest BCUT2D eigenvalue weighted by atomic mass is 10.2. The predicted octanol–water partition coefficient (Wildman–Crippen LogP) is 0.343. The molecule has 8 nitrogen and oxygen atoms in total. The fourth-order valence-electron chi connectivity index (χ4n) is 2.01. The van der Waals surface area contributed by atoms with E-state index in [0.29, 0.717) is 10.7 Å². The number of imide groups is 2. The van der Waals surface area contributed by atoms with Gasteiger partial charge in [0, 0.05) is 6.54 Å². The quantitative estimate of drug-likeness (QED) is 0.603. The first-order valence-corrected chi connectivity index (χ1v) is 6.86. The molecule has 1 fully saturated rings. The first-order valence-electron chi connectivity index (χ1n) is 6.86. The van der Waals surface area contributed by atoms with Crippen molar-refractivity contribution in [2.24, 2.45) is 5.92 Å². The SMILES string of the molecule is CC(C)CN1C(=O)C(=O)N(CC(=O)NCc2ccco2)C1=O. The molecule has 0 bridgehead atoms. The zero-order valence-corrected chi connectivity index (χ0v) is 12.4. The standard InChI is InChI=1S/C14H17N3O5/c1-9(2)7-16-12(19)13(20)17(14(16)21)8-11(18)15-6-10-4-3-5-22-10/h3-5,9H,6-8H2,1-2H3,(H,15,18). The molecule has 0 aromatic carbocycles. The first kappa shape index (κ1) is 15.7. The average Bonchev–Trinajstić information content (AvgIpc) is 3.04. The van der Waals surface area contributed by atoms with Crippen molar-refractivity contribution in [2.75, 3.05) is 13.1 Å². The Kier molecular flexibility index (Phi) is 4.59. The second-order valence-corrected chi connectivity index (χ2v) is 5.34. The number of hydrogen-bond acceptors (Lipinski definition) is 5. The Hall–Kier alpha value is -2.64. The summed E-state index contributed by atoms with van der Waals surface area (Å²) >= 11 is 0. The molecule has 5 amide bonds. The van der Waals surface area contributed by atoms with Gasteiger partial charge in [-0.15, -0.1) is 0 Å².